The molecule has 1 aromatic heterocycles. The summed E-state index contributed by atoms with van der Waals surface area (Å²) < 4.78 is 0. The molecule has 0 aromatic carbocycles. The van der Waals surface area contributed by atoms with E-state index in [1.54, 1.807) is 6.07 Å². The average molecular weight is 208 g/mol. The van der Waals surface area contributed by atoms with E-state index in [1.807, 2.05) is 0 Å². The fraction of sp³-hybridized carbons (Fsp3) is 0. The molecule has 1 heterocycles. The van der Waals surface area contributed by atoms with Gasteiger partial charge in [0.1, 0.15) is 0 Å². The van der Waals surface area contributed by atoms with Gasteiger partial charge in [-0.1, -0.05) is 0 Å². The van der Waals surface area contributed by atoms with Crippen LogP contribution in [0.3, 0.4) is 0 Å². The molecule has 0 aliphatic heterocycles. The molecule has 2 N–H and O–H groups in total. The number of aromatic nitrogens is 2. The van der Waals surface area contributed by atoms with Crippen LogP contribution in [0.1, 0.15) is 5.69 Å². The fourth-order valence-corrected chi connectivity index (χ4v) is 0.393. The molecule has 47 valence electrons. The van der Waals surface area contributed by atoms with Crippen LogP contribution in [0.15, 0.2) is 6.20 Å². The standard InChI is InChI=1S/C5H3N4.Y/c6-3-4-5(7)9-2-1-8-4;/h2H,(H2,7,9);/q-1;. The van der Waals surface area contributed by atoms with Crippen LogP contribution >= 0.6 is 0 Å². The Hall–Kier alpha value is -0.526. The third-order valence-electron chi connectivity index (χ3n) is 0.786. The van der Waals surface area contributed by atoms with Gasteiger partial charge in [-0.25, -0.2) is 5.26 Å². The molecule has 0 spiro atoms. The Morgan fingerprint density at radius 1 is 1.70 bits per heavy atom. The SMILES string of the molecule is N#Cc1n[c-]cnc1N.[Y]. The maximum atomic E-state index is 8.27. The zero-order valence-electron chi connectivity index (χ0n) is 5.07. The van der Waals surface area contributed by atoms with Gasteiger partial charge >= 0.3 is 0 Å². The first kappa shape index (κ1) is 9.47. The van der Waals surface area contributed by atoms with Crippen molar-refractivity contribution in [2.45, 2.75) is 0 Å². The fourth-order valence-electron chi connectivity index (χ4n) is 0.393. The van der Waals surface area contributed by atoms with Crippen LogP contribution in [0.25, 0.3) is 0 Å². The van der Waals surface area contributed by atoms with Gasteiger partial charge in [0.05, 0.1) is 5.82 Å². The molecule has 4 nitrogen and oxygen atoms in total. The van der Waals surface area contributed by atoms with Crippen molar-refractivity contribution >= 4 is 5.82 Å². The van der Waals surface area contributed by atoms with Crippen molar-refractivity contribution in [2.75, 3.05) is 5.73 Å². The third kappa shape index (κ3) is 2.01. The second kappa shape index (κ2) is 4.31. The summed E-state index contributed by atoms with van der Waals surface area (Å²) in [6.45, 7) is 0. The van der Waals surface area contributed by atoms with E-state index in [4.69, 9.17) is 11.0 Å². The third-order valence-corrected chi connectivity index (χ3v) is 0.786. The topological polar surface area (TPSA) is 75.6 Å². The number of nitriles is 1. The summed E-state index contributed by atoms with van der Waals surface area (Å²) in [7, 11) is 0. The van der Waals surface area contributed by atoms with Crippen LogP contribution in [-0.4, -0.2) is 9.97 Å². The predicted octanol–water partition coefficient (Wildman–Crippen LogP) is -0.272. The van der Waals surface area contributed by atoms with Crippen LogP contribution in [0.2, 0.25) is 0 Å². The first-order valence-electron chi connectivity index (χ1n) is 2.23. The van der Waals surface area contributed by atoms with E-state index >= 15 is 0 Å². The number of anilines is 1. The van der Waals surface area contributed by atoms with Gasteiger partial charge in [0.15, 0.2) is 0 Å². The summed E-state index contributed by atoms with van der Waals surface area (Å²) in [5.74, 6) is 0.149. The van der Waals surface area contributed by atoms with Gasteiger partial charge in [-0.3, -0.25) is 4.98 Å². The van der Waals surface area contributed by atoms with E-state index in [1.165, 1.54) is 6.20 Å². The second-order valence-electron chi connectivity index (χ2n) is 1.34. The zero-order chi connectivity index (χ0) is 6.69. The number of hydrogen-bond donors (Lipinski definition) is 1. The van der Waals surface area contributed by atoms with Gasteiger partial charge in [0.2, 0.25) is 0 Å². The van der Waals surface area contributed by atoms with Crippen LogP contribution in [-0.2, 0) is 32.7 Å². The maximum Gasteiger partial charge on any atom is 0.0729 e. The average Bonchev–Trinajstić information content (AvgIpc) is 1.89. The van der Waals surface area contributed by atoms with Gasteiger partial charge < -0.3 is 10.7 Å². The molecule has 1 aromatic rings. The first-order valence-corrected chi connectivity index (χ1v) is 2.23. The van der Waals surface area contributed by atoms with E-state index in [9.17, 15) is 0 Å². The Labute approximate surface area is 83.4 Å². The van der Waals surface area contributed by atoms with E-state index in [2.05, 4.69) is 16.2 Å². The summed E-state index contributed by atoms with van der Waals surface area (Å²) in [4.78, 5) is 7.11. The minimum atomic E-state index is 0. The van der Waals surface area contributed by atoms with Gasteiger partial charge in [-0.15, -0.1) is 6.20 Å². The Bertz CT molecular complexity index is 254. The Morgan fingerprint density at radius 2 is 2.40 bits per heavy atom. The zero-order valence-corrected chi connectivity index (χ0v) is 7.91. The van der Waals surface area contributed by atoms with Crippen LogP contribution < -0.4 is 5.73 Å². The molecule has 0 saturated carbocycles. The smallest absolute Gasteiger partial charge is 0.0729 e. The van der Waals surface area contributed by atoms with Crippen LogP contribution in [0, 0.1) is 17.5 Å². The number of hydrogen-bond acceptors (Lipinski definition) is 4. The molecule has 0 saturated heterocycles. The largest absolute Gasteiger partial charge is 0.438 e. The Morgan fingerprint density at radius 3 is 2.80 bits per heavy atom. The molecule has 10 heavy (non-hydrogen) atoms. The molecule has 5 heteroatoms. The number of nitrogens with zero attached hydrogens (tertiary/aromatic N) is 3. The second-order valence-corrected chi connectivity index (χ2v) is 1.34. The molecule has 0 fully saturated rings. The van der Waals surface area contributed by atoms with E-state index < -0.39 is 0 Å². The minimum absolute atomic E-state index is 0. The summed E-state index contributed by atoms with van der Waals surface area (Å²) in [5, 5.41) is 8.27. The predicted molar refractivity (Wildman–Crippen MR) is 30.0 cm³/mol. The van der Waals surface area contributed by atoms with Crippen molar-refractivity contribution in [3.05, 3.63) is 18.1 Å². The molecule has 0 bridgehead atoms. The number of nitrogen functional groups attached to an aromatic ring is 1. The summed E-state index contributed by atoms with van der Waals surface area (Å²) in [5.41, 5.74) is 5.34. The van der Waals surface area contributed by atoms with Crippen molar-refractivity contribution in [1.29, 1.82) is 5.26 Å². The van der Waals surface area contributed by atoms with Crippen molar-refractivity contribution < 1.29 is 32.7 Å². The van der Waals surface area contributed by atoms with Crippen LogP contribution in [0.4, 0.5) is 5.82 Å². The Balaban J connectivity index is 0.000000810. The van der Waals surface area contributed by atoms with E-state index in [0.29, 0.717) is 0 Å². The van der Waals surface area contributed by atoms with E-state index in [-0.39, 0.29) is 44.2 Å². The monoisotopic (exact) mass is 208 g/mol. The molecular weight excluding hydrogens is 205 g/mol. The molecule has 1 radical (unpaired) electrons. The Kier molecular flexibility index (Phi) is 4.09. The molecule has 0 atom stereocenters. The first-order chi connectivity index (χ1) is 4.34. The van der Waals surface area contributed by atoms with Crippen molar-refractivity contribution in [1.82, 2.24) is 9.97 Å². The molecular formula is C5H3N4Y-. The summed E-state index contributed by atoms with van der Waals surface area (Å²) in [6.07, 6.45) is 3.70. The van der Waals surface area contributed by atoms with Crippen molar-refractivity contribution in [3.8, 4) is 6.07 Å². The normalized spacial score (nSPS) is 7.50. The maximum absolute atomic E-state index is 8.27. The molecule has 0 unspecified atom stereocenters. The van der Waals surface area contributed by atoms with Gasteiger partial charge in [0.25, 0.3) is 0 Å². The molecule has 0 aliphatic carbocycles. The summed E-state index contributed by atoms with van der Waals surface area (Å²) in [6, 6.07) is 1.77. The molecule has 0 aliphatic rings. The van der Waals surface area contributed by atoms with Crippen molar-refractivity contribution in [2.24, 2.45) is 0 Å². The van der Waals surface area contributed by atoms with Crippen LogP contribution in [0.5, 0.6) is 0 Å². The van der Waals surface area contributed by atoms with E-state index in [0.717, 1.165) is 0 Å². The molecule has 0 amide bonds. The van der Waals surface area contributed by atoms with Gasteiger partial charge in [-0.2, -0.15) is 0 Å². The minimum Gasteiger partial charge on any atom is -0.438 e. The summed E-state index contributed by atoms with van der Waals surface area (Å²) >= 11 is 0. The van der Waals surface area contributed by atoms with Crippen molar-refractivity contribution in [3.63, 3.8) is 0 Å². The number of rotatable bonds is 0. The molecule has 1 rings (SSSR count). The quantitative estimate of drug-likeness (QED) is 0.595. The van der Waals surface area contributed by atoms with Gasteiger partial charge in [0, 0.05) is 44.5 Å². The number of nitrogens with two attached hydrogens (primary N) is 1. The van der Waals surface area contributed by atoms with Gasteiger partial charge in [-0.05, 0) is 6.20 Å².